The van der Waals surface area contributed by atoms with E-state index in [1.807, 2.05) is 19.1 Å². The summed E-state index contributed by atoms with van der Waals surface area (Å²) in [6.07, 6.45) is 9.22. The topological polar surface area (TPSA) is 38.7 Å². The maximum absolute atomic E-state index is 9.21. The van der Waals surface area contributed by atoms with E-state index in [9.17, 15) is 5.11 Å². The van der Waals surface area contributed by atoms with Crippen LogP contribution in [-0.2, 0) is 11.2 Å². The first-order chi connectivity index (χ1) is 11.1. The van der Waals surface area contributed by atoms with Crippen LogP contribution in [0.4, 0.5) is 0 Å². The number of benzene rings is 1. The molecule has 0 saturated carbocycles. The van der Waals surface area contributed by atoms with Crippen LogP contribution in [-0.4, -0.2) is 17.5 Å². The van der Waals surface area contributed by atoms with Gasteiger partial charge in [0.1, 0.15) is 12.4 Å². The van der Waals surface area contributed by atoms with Crippen LogP contribution in [0, 0.1) is 6.61 Å². The van der Waals surface area contributed by atoms with Crippen molar-refractivity contribution >= 4 is 0 Å². The lowest BCUT2D eigenvalue weighted by atomic mass is 10.0. The first kappa shape index (κ1) is 20.0. The van der Waals surface area contributed by atoms with Gasteiger partial charge in [-0.3, -0.25) is 0 Å². The van der Waals surface area contributed by atoms with Crippen LogP contribution >= 0.6 is 0 Å². The van der Waals surface area contributed by atoms with Crippen LogP contribution in [0.2, 0.25) is 0 Å². The Balaban J connectivity index is 2.32. The number of unbranched alkanes of at least 4 members (excludes halogenated alkanes) is 6. The van der Waals surface area contributed by atoms with Gasteiger partial charge < -0.3 is 14.6 Å². The fourth-order valence-corrected chi connectivity index (χ4v) is 2.53. The fraction of sp³-hybridized carbons (Fsp3) is 0.650. The van der Waals surface area contributed by atoms with Crippen LogP contribution in [0.15, 0.2) is 24.3 Å². The van der Waals surface area contributed by atoms with Gasteiger partial charge in [0.15, 0.2) is 6.29 Å². The first-order valence-corrected chi connectivity index (χ1v) is 9.05. The zero-order valence-corrected chi connectivity index (χ0v) is 15.0. The van der Waals surface area contributed by atoms with E-state index in [0.717, 1.165) is 12.2 Å². The quantitative estimate of drug-likeness (QED) is 0.397. The Kier molecular flexibility index (Phi) is 10.8. The zero-order chi connectivity index (χ0) is 16.9. The summed E-state index contributed by atoms with van der Waals surface area (Å²) in [5, 5.41) is 9.21. The number of ether oxygens (including phenoxy) is 2. The second-order valence-corrected chi connectivity index (χ2v) is 6.18. The van der Waals surface area contributed by atoms with Crippen molar-refractivity contribution in [3.63, 3.8) is 0 Å². The molecule has 3 nitrogen and oxygen atoms in total. The Labute approximate surface area is 142 Å². The van der Waals surface area contributed by atoms with Crippen molar-refractivity contribution in [1.82, 2.24) is 0 Å². The van der Waals surface area contributed by atoms with Crippen molar-refractivity contribution in [3.8, 4) is 5.75 Å². The van der Waals surface area contributed by atoms with E-state index < -0.39 is 12.4 Å². The summed E-state index contributed by atoms with van der Waals surface area (Å²) in [6.45, 7) is 7.13. The standard InChI is InChI=1S/C20H33O3/c1-4-5-6-7-8-9-10-13-19-14-11-12-15-20(19)23-18(3)22-16-17(2)21/h11-12,14-18,21H,4-10,13H2,1-3H3. The molecule has 131 valence electrons. The molecule has 0 spiro atoms. The molecule has 0 bridgehead atoms. The lowest BCUT2D eigenvalue weighted by molar-refractivity contribution is -0.0561. The molecule has 1 aromatic rings. The Hall–Kier alpha value is -1.06. The van der Waals surface area contributed by atoms with Gasteiger partial charge in [0.2, 0.25) is 0 Å². The highest BCUT2D eigenvalue weighted by Crippen LogP contribution is 2.22. The van der Waals surface area contributed by atoms with E-state index in [4.69, 9.17) is 9.47 Å². The third-order valence-corrected chi connectivity index (χ3v) is 3.78. The van der Waals surface area contributed by atoms with Crippen molar-refractivity contribution in [2.75, 3.05) is 0 Å². The van der Waals surface area contributed by atoms with Crippen LogP contribution < -0.4 is 4.74 Å². The Morgan fingerprint density at radius 1 is 1.00 bits per heavy atom. The lowest BCUT2D eigenvalue weighted by Gasteiger charge is -2.18. The molecule has 0 fully saturated rings. The molecule has 0 aliphatic rings. The van der Waals surface area contributed by atoms with E-state index in [2.05, 4.69) is 19.1 Å². The molecule has 3 heteroatoms. The summed E-state index contributed by atoms with van der Waals surface area (Å²) in [6, 6.07) is 8.14. The number of aliphatic hydroxyl groups excluding tert-OH is 1. The molecule has 0 aliphatic heterocycles. The van der Waals surface area contributed by atoms with Gasteiger partial charge in [-0.25, -0.2) is 0 Å². The monoisotopic (exact) mass is 321 g/mol. The highest BCUT2D eigenvalue weighted by atomic mass is 16.7. The van der Waals surface area contributed by atoms with Crippen LogP contribution in [0.1, 0.15) is 71.3 Å². The molecule has 0 aromatic heterocycles. The number of hydrogen-bond acceptors (Lipinski definition) is 3. The van der Waals surface area contributed by atoms with Gasteiger partial charge in [-0.05, 0) is 38.3 Å². The molecular formula is C20H33O3. The van der Waals surface area contributed by atoms with Gasteiger partial charge in [-0.15, -0.1) is 0 Å². The number of para-hydroxylation sites is 1. The number of aryl methyl sites for hydroxylation is 1. The highest BCUT2D eigenvalue weighted by molar-refractivity contribution is 5.33. The average molecular weight is 321 g/mol. The molecular weight excluding hydrogens is 288 g/mol. The predicted octanol–water partition coefficient (Wildman–Crippen LogP) is 5.26. The highest BCUT2D eigenvalue weighted by Gasteiger charge is 2.09. The maximum Gasteiger partial charge on any atom is 0.197 e. The van der Waals surface area contributed by atoms with Crippen molar-refractivity contribution < 1.29 is 14.6 Å². The number of rotatable bonds is 13. The van der Waals surface area contributed by atoms with E-state index in [0.29, 0.717) is 0 Å². The van der Waals surface area contributed by atoms with Gasteiger partial charge in [0.25, 0.3) is 0 Å². The molecule has 2 unspecified atom stereocenters. The van der Waals surface area contributed by atoms with Gasteiger partial charge in [0, 0.05) is 0 Å². The number of aliphatic hydroxyl groups is 1. The van der Waals surface area contributed by atoms with Crippen molar-refractivity contribution in [2.24, 2.45) is 0 Å². The summed E-state index contributed by atoms with van der Waals surface area (Å²) in [5.74, 6) is 0.880. The summed E-state index contributed by atoms with van der Waals surface area (Å²) in [5.41, 5.74) is 1.23. The molecule has 2 atom stereocenters. The molecule has 0 amide bonds. The predicted molar refractivity (Wildman–Crippen MR) is 95.3 cm³/mol. The second kappa shape index (κ2) is 12.4. The minimum Gasteiger partial charge on any atom is -0.465 e. The summed E-state index contributed by atoms with van der Waals surface area (Å²) < 4.78 is 11.2. The van der Waals surface area contributed by atoms with Crippen LogP contribution in [0.25, 0.3) is 0 Å². The largest absolute Gasteiger partial charge is 0.465 e. The normalized spacial score (nSPS) is 13.7. The summed E-state index contributed by atoms with van der Waals surface area (Å²) in [4.78, 5) is 0. The van der Waals surface area contributed by atoms with Crippen molar-refractivity contribution in [1.29, 1.82) is 0 Å². The van der Waals surface area contributed by atoms with Gasteiger partial charge in [-0.2, -0.15) is 0 Å². The number of hydrogen-bond donors (Lipinski definition) is 1. The Morgan fingerprint density at radius 2 is 1.65 bits per heavy atom. The molecule has 0 aliphatic carbocycles. The van der Waals surface area contributed by atoms with E-state index in [-0.39, 0.29) is 0 Å². The Morgan fingerprint density at radius 3 is 2.35 bits per heavy atom. The van der Waals surface area contributed by atoms with Gasteiger partial charge >= 0.3 is 0 Å². The second-order valence-electron chi connectivity index (χ2n) is 6.18. The lowest BCUT2D eigenvalue weighted by Crippen LogP contribution is -2.19. The molecule has 0 saturated heterocycles. The molecule has 1 N–H and O–H groups in total. The Bertz CT molecular complexity index is 404. The smallest absolute Gasteiger partial charge is 0.197 e. The molecule has 1 rings (SSSR count). The zero-order valence-electron chi connectivity index (χ0n) is 15.0. The van der Waals surface area contributed by atoms with E-state index in [1.54, 1.807) is 6.92 Å². The third kappa shape index (κ3) is 9.62. The van der Waals surface area contributed by atoms with Crippen LogP contribution in [0.5, 0.6) is 5.75 Å². The summed E-state index contributed by atoms with van der Waals surface area (Å²) >= 11 is 0. The van der Waals surface area contributed by atoms with Crippen LogP contribution in [0.3, 0.4) is 0 Å². The molecule has 23 heavy (non-hydrogen) atoms. The minimum atomic E-state index is -0.594. The summed E-state index contributed by atoms with van der Waals surface area (Å²) in [7, 11) is 0. The van der Waals surface area contributed by atoms with Crippen molar-refractivity contribution in [2.45, 2.75) is 84.5 Å². The SMILES string of the molecule is CCCCCCCCCc1ccccc1OC(C)O[CH]C(C)O. The van der Waals surface area contributed by atoms with E-state index >= 15 is 0 Å². The third-order valence-electron chi connectivity index (χ3n) is 3.78. The van der Waals surface area contributed by atoms with Crippen molar-refractivity contribution in [3.05, 3.63) is 36.4 Å². The molecule has 1 aromatic carbocycles. The fourth-order valence-electron chi connectivity index (χ4n) is 2.53. The average Bonchev–Trinajstić information content (AvgIpc) is 2.53. The maximum atomic E-state index is 9.21. The van der Waals surface area contributed by atoms with Gasteiger partial charge in [-0.1, -0.05) is 63.6 Å². The molecule has 1 radical (unpaired) electrons. The minimum absolute atomic E-state index is 0.403. The molecule has 0 heterocycles. The first-order valence-electron chi connectivity index (χ1n) is 9.05. The van der Waals surface area contributed by atoms with E-state index in [1.165, 1.54) is 57.1 Å². The van der Waals surface area contributed by atoms with Gasteiger partial charge in [0.05, 0.1) is 6.10 Å².